The van der Waals surface area contributed by atoms with Crippen molar-refractivity contribution in [2.45, 2.75) is 25.3 Å². The van der Waals surface area contributed by atoms with Crippen LogP contribution in [0.15, 0.2) is 42.7 Å². The molecule has 0 unspecified atom stereocenters. The van der Waals surface area contributed by atoms with Gasteiger partial charge in [0.05, 0.1) is 10.6 Å². The van der Waals surface area contributed by atoms with Crippen LogP contribution in [0.4, 0.5) is 0 Å². The molecule has 0 atom stereocenters. The summed E-state index contributed by atoms with van der Waals surface area (Å²) in [5, 5.41) is 3.35. The summed E-state index contributed by atoms with van der Waals surface area (Å²) >= 11 is 6.00. The van der Waals surface area contributed by atoms with E-state index in [1.54, 1.807) is 24.4 Å². The number of aromatic nitrogens is 1. The number of carbonyl (C=O) groups is 1. The number of amides is 1. The molecule has 102 valence electrons. The lowest BCUT2D eigenvalue weighted by Gasteiger charge is -2.07. The minimum absolute atomic E-state index is 0.160. The molecule has 1 aliphatic carbocycles. The van der Waals surface area contributed by atoms with E-state index in [9.17, 15) is 4.79 Å². The van der Waals surface area contributed by atoms with E-state index in [1.807, 2.05) is 12.3 Å². The predicted molar refractivity (Wildman–Crippen MR) is 78.8 cm³/mol. The molecule has 4 heteroatoms. The highest BCUT2D eigenvalue weighted by molar-refractivity contribution is 6.33. The van der Waals surface area contributed by atoms with Crippen molar-refractivity contribution in [1.82, 2.24) is 10.3 Å². The molecule has 2 aromatic rings. The molecule has 1 fully saturated rings. The molecule has 1 saturated carbocycles. The number of carbonyl (C=O) groups excluding carboxylic acids is 1. The summed E-state index contributed by atoms with van der Waals surface area (Å²) in [6.07, 6.45) is 6.20. The molecule has 0 radical (unpaired) electrons. The Bertz CT molecular complexity index is 638. The number of hydrogen-bond acceptors (Lipinski definition) is 2. The third-order valence-electron chi connectivity index (χ3n) is 3.44. The molecule has 3 nitrogen and oxygen atoms in total. The van der Waals surface area contributed by atoms with Crippen molar-refractivity contribution in [2.24, 2.45) is 0 Å². The van der Waals surface area contributed by atoms with E-state index < -0.39 is 0 Å². The van der Waals surface area contributed by atoms with Gasteiger partial charge in [-0.15, -0.1) is 0 Å². The van der Waals surface area contributed by atoms with Crippen molar-refractivity contribution in [1.29, 1.82) is 0 Å². The summed E-state index contributed by atoms with van der Waals surface area (Å²) in [5.41, 5.74) is 2.80. The fourth-order valence-corrected chi connectivity index (χ4v) is 2.39. The van der Waals surface area contributed by atoms with Gasteiger partial charge in [-0.2, -0.15) is 0 Å². The van der Waals surface area contributed by atoms with E-state index in [1.165, 1.54) is 18.4 Å². The van der Waals surface area contributed by atoms with Crippen molar-refractivity contribution in [3.63, 3.8) is 0 Å². The first-order valence-corrected chi connectivity index (χ1v) is 7.08. The minimum Gasteiger partial charge on any atom is -0.348 e. The van der Waals surface area contributed by atoms with Gasteiger partial charge in [-0.1, -0.05) is 29.8 Å². The van der Waals surface area contributed by atoms with Crippen LogP contribution in [0.1, 0.15) is 40.2 Å². The molecule has 1 N–H and O–H groups in total. The van der Waals surface area contributed by atoms with E-state index in [0.717, 1.165) is 5.56 Å². The van der Waals surface area contributed by atoms with Crippen molar-refractivity contribution >= 4 is 17.5 Å². The maximum absolute atomic E-state index is 12.1. The van der Waals surface area contributed by atoms with Crippen LogP contribution in [-0.2, 0) is 6.54 Å². The normalized spacial score (nSPS) is 14.1. The maximum Gasteiger partial charge on any atom is 0.253 e. The molecule has 20 heavy (non-hydrogen) atoms. The Morgan fingerprint density at radius 2 is 2.10 bits per heavy atom. The van der Waals surface area contributed by atoms with Crippen molar-refractivity contribution < 1.29 is 4.79 Å². The van der Waals surface area contributed by atoms with Gasteiger partial charge in [0.1, 0.15) is 0 Å². The molecule has 1 aromatic carbocycles. The highest BCUT2D eigenvalue weighted by atomic mass is 35.5. The van der Waals surface area contributed by atoms with E-state index in [0.29, 0.717) is 23.0 Å². The Morgan fingerprint density at radius 3 is 2.85 bits per heavy atom. The number of halogens is 1. The summed E-state index contributed by atoms with van der Waals surface area (Å²) in [5.74, 6) is 0.508. The quantitative estimate of drug-likeness (QED) is 0.934. The summed E-state index contributed by atoms with van der Waals surface area (Å²) < 4.78 is 0. The van der Waals surface area contributed by atoms with E-state index in [2.05, 4.69) is 16.4 Å². The fraction of sp³-hybridized carbons (Fsp3) is 0.250. The Hall–Kier alpha value is -1.87. The lowest BCUT2D eigenvalue weighted by atomic mass is 10.1. The second-order valence-electron chi connectivity index (χ2n) is 5.06. The van der Waals surface area contributed by atoms with Gasteiger partial charge in [0.15, 0.2) is 0 Å². The lowest BCUT2D eigenvalue weighted by molar-refractivity contribution is 0.0951. The van der Waals surface area contributed by atoms with Gasteiger partial charge in [0.2, 0.25) is 0 Å². The fourth-order valence-electron chi connectivity index (χ4n) is 2.17. The number of benzene rings is 1. The van der Waals surface area contributed by atoms with E-state index >= 15 is 0 Å². The van der Waals surface area contributed by atoms with Crippen LogP contribution in [-0.4, -0.2) is 10.9 Å². The Morgan fingerprint density at radius 1 is 1.30 bits per heavy atom. The van der Waals surface area contributed by atoms with E-state index in [4.69, 9.17) is 11.6 Å². The minimum atomic E-state index is -0.160. The first-order chi connectivity index (χ1) is 9.74. The van der Waals surface area contributed by atoms with Crippen molar-refractivity contribution in [3.8, 4) is 0 Å². The van der Waals surface area contributed by atoms with Gasteiger partial charge in [0.25, 0.3) is 5.91 Å². The Labute approximate surface area is 123 Å². The summed E-state index contributed by atoms with van der Waals surface area (Å²) in [7, 11) is 0. The van der Waals surface area contributed by atoms with E-state index in [-0.39, 0.29) is 5.91 Å². The van der Waals surface area contributed by atoms with Gasteiger partial charge >= 0.3 is 0 Å². The van der Waals surface area contributed by atoms with Crippen molar-refractivity contribution in [2.75, 3.05) is 0 Å². The van der Waals surface area contributed by atoms with Crippen LogP contribution in [0.25, 0.3) is 0 Å². The lowest BCUT2D eigenvalue weighted by Crippen LogP contribution is -2.23. The maximum atomic E-state index is 12.1. The van der Waals surface area contributed by atoms with Crippen LogP contribution in [0.2, 0.25) is 5.02 Å². The molecule has 1 aromatic heterocycles. The van der Waals surface area contributed by atoms with Crippen LogP contribution >= 0.6 is 11.6 Å². The first kappa shape index (κ1) is 13.1. The average molecular weight is 287 g/mol. The van der Waals surface area contributed by atoms with Crippen LogP contribution in [0.3, 0.4) is 0 Å². The van der Waals surface area contributed by atoms with Gasteiger partial charge in [-0.25, -0.2) is 0 Å². The number of nitrogens with one attached hydrogen (secondary N) is 1. The molecule has 3 rings (SSSR count). The topological polar surface area (TPSA) is 42.0 Å². The average Bonchev–Trinajstić information content (AvgIpc) is 3.30. The highest BCUT2D eigenvalue weighted by Crippen LogP contribution is 2.39. The number of rotatable bonds is 4. The van der Waals surface area contributed by atoms with Gasteiger partial charge in [-0.3, -0.25) is 9.78 Å². The first-order valence-electron chi connectivity index (χ1n) is 6.70. The number of nitrogens with zero attached hydrogens (tertiary/aromatic N) is 1. The second kappa shape index (κ2) is 5.63. The molecule has 1 aliphatic rings. The van der Waals surface area contributed by atoms with Gasteiger partial charge in [0, 0.05) is 18.9 Å². The summed E-state index contributed by atoms with van der Waals surface area (Å²) in [6.45, 7) is 0.470. The predicted octanol–water partition coefficient (Wildman–Crippen LogP) is 3.54. The van der Waals surface area contributed by atoms with Crippen LogP contribution in [0, 0.1) is 0 Å². The molecule has 1 heterocycles. The molecule has 0 aliphatic heterocycles. The smallest absolute Gasteiger partial charge is 0.253 e. The van der Waals surface area contributed by atoms with Crippen molar-refractivity contribution in [3.05, 3.63) is 64.4 Å². The summed E-state index contributed by atoms with van der Waals surface area (Å²) in [4.78, 5) is 16.3. The van der Waals surface area contributed by atoms with Gasteiger partial charge < -0.3 is 5.32 Å². The SMILES string of the molecule is O=C(NCc1cncc(C2CC2)c1)c1ccccc1Cl. The van der Waals surface area contributed by atoms with Gasteiger partial charge in [-0.05, 0) is 42.0 Å². The molecule has 0 spiro atoms. The second-order valence-corrected chi connectivity index (χ2v) is 5.47. The Kier molecular flexibility index (Phi) is 3.70. The molecular formula is C16H15ClN2O. The van der Waals surface area contributed by atoms with Crippen LogP contribution in [0.5, 0.6) is 0 Å². The number of pyridine rings is 1. The molecule has 0 saturated heterocycles. The molecular weight excluding hydrogens is 272 g/mol. The van der Waals surface area contributed by atoms with Crippen LogP contribution < -0.4 is 5.32 Å². The third-order valence-corrected chi connectivity index (χ3v) is 3.77. The highest BCUT2D eigenvalue weighted by Gasteiger charge is 2.23. The summed E-state index contributed by atoms with van der Waals surface area (Å²) in [6, 6.07) is 9.16. The zero-order chi connectivity index (χ0) is 13.9. The zero-order valence-corrected chi connectivity index (χ0v) is 11.7. The zero-order valence-electron chi connectivity index (χ0n) is 11.0. The molecule has 0 bridgehead atoms. The molecule has 1 amide bonds. The third kappa shape index (κ3) is 2.99. The standard InChI is InChI=1S/C16H15ClN2O/c17-15-4-2-1-3-14(15)16(20)19-9-11-7-13(10-18-8-11)12-5-6-12/h1-4,7-8,10,12H,5-6,9H2,(H,19,20). The Balaban J connectivity index is 1.66. The largest absolute Gasteiger partial charge is 0.348 e. The monoisotopic (exact) mass is 286 g/mol. The number of hydrogen-bond donors (Lipinski definition) is 1.